The number of rotatable bonds is 7. The van der Waals surface area contributed by atoms with Crippen molar-refractivity contribution in [2.45, 2.75) is 33.8 Å². The van der Waals surface area contributed by atoms with Gasteiger partial charge in [-0.3, -0.25) is 4.79 Å². The largest absolute Gasteiger partial charge is 0.465 e. The van der Waals surface area contributed by atoms with Crippen LogP contribution in [0.4, 0.5) is 0 Å². The van der Waals surface area contributed by atoms with Crippen molar-refractivity contribution in [1.82, 2.24) is 4.98 Å². The monoisotopic (exact) mass is 311 g/mol. The molecule has 0 amide bonds. The predicted octanol–water partition coefficient (Wildman–Crippen LogP) is 1.57. The van der Waals surface area contributed by atoms with Gasteiger partial charge < -0.3 is 19.2 Å². The van der Waals surface area contributed by atoms with Crippen LogP contribution in [0.3, 0.4) is 0 Å². The average Bonchev–Trinajstić information content (AvgIpc) is 2.78. The third-order valence-electron chi connectivity index (χ3n) is 3.17. The molecule has 0 radical (unpaired) electrons. The third kappa shape index (κ3) is 3.94. The summed E-state index contributed by atoms with van der Waals surface area (Å²) in [4.78, 5) is 38.4. The smallest absolute Gasteiger partial charge is 0.339 e. The predicted molar refractivity (Wildman–Crippen MR) is 78.0 cm³/mol. The van der Waals surface area contributed by atoms with Crippen LogP contribution in [0.1, 0.15) is 46.0 Å². The first-order chi connectivity index (χ1) is 10.3. The van der Waals surface area contributed by atoms with Crippen molar-refractivity contribution >= 4 is 17.7 Å². The average molecular weight is 311 g/mol. The lowest BCUT2D eigenvalue weighted by Crippen LogP contribution is -2.27. The van der Waals surface area contributed by atoms with Crippen molar-refractivity contribution in [2.24, 2.45) is 0 Å². The van der Waals surface area contributed by atoms with E-state index < -0.39 is 23.8 Å². The van der Waals surface area contributed by atoms with Crippen molar-refractivity contribution in [3.8, 4) is 0 Å². The fourth-order valence-corrected chi connectivity index (χ4v) is 2.08. The van der Waals surface area contributed by atoms with Gasteiger partial charge >= 0.3 is 11.9 Å². The summed E-state index contributed by atoms with van der Waals surface area (Å²) in [5.41, 5.74) is 1.55. The molecule has 1 unspecified atom stereocenters. The van der Waals surface area contributed by atoms with Gasteiger partial charge in [0.15, 0.2) is 6.10 Å². The zero-order valence-electron chi connectivity index (χ0n) is 13.4. The van der Waals surface area contributed by atoms with Gasteiger partial charge in [-0.2, -0.15) is 0 Å². The minimum Gasteiger partial charge on any atom is -0.465 e. The summed E-state index contributed by atoms with van der Waals surface area (Å²) in [5.74, 6) is -1.55. The molecule has 122 valence electrons. The Hall–Kier alpha value is -2.15. The lowest BCUT2D eigenvalue weighted by atomic mass is 10.1. The maximum atomic E-state index is 12.3. The Morgan fingerprint density at radius 3 is 2.41 bits per heavy atom. The van der Waals surface area contributed by atoms with E-state index in [0.717, 1.165) is 0 Å². The number of Topliss-reactive ketones (excluding diaryl/α,β-unsaturated/α-hetero) is 1. The number of hydrogen-bond acceptors (Lipinski definition) is 6. The number of ether oxygens (including phenoxy) is 3. The summed E-state index contributed by atoms with van der Waals surface area (Å²) < 4.78 is 14.6. The zero-order chi connectivity index (χ0) is 16.9. The standard InChI is InChI=1S/C15H21NO6/c1-6-21-7-11(17)22-10(4)14(18)13-8(2)12(9(3)16-13)15(19)20-5/h10,16H,6-7H2,1-5H3. The fraction of sp³-hybridized carbons (Fsp3) is 0.533. The van der Waals surface area contributed by atoms with Gasteiger partial charge in [0, 0.05) is 12.3 Å². The number of aryl methyl sites for hydroxylation is 1. The van der Waals surface area contributed by atoms with Crippen LogP contribution in [0, 0.1) is 13.8 Å². The van der Waals surface area contributed by atoms with E-state index in [1.807, 2.05) is 0 Å². The number of carbonyl (C=O) groups excluding carboxylic acids is 3. The van der Waals surface area contributed by atoms with Crippen LogP contribution in [-0.4, -0.2) is 49.1 Å². The molecule has 0 aliphatic heterocycles. The highest BCUT2D eigenvalue weighted by Gasteiger charge is 2.27. The highest BCUT2D eigenvalue weighted by Crippen LogP contribution is 2.20. The summed E-state index contributed by atoms with van der Waals surface area (Å²) in [7, 11) is 1.27. The molecule has 0 spiro atoms. The number of esters is 2. The van der Waals surface area contributed by atoms with Crippen LogP contribution in [0.5, 0.6) is 0 Å². The van der Waals surface area contributed by atoms with E-state index in [9.17, 15) is 14.4 Å². The molecule has 0 aliphatic rings. The Morgan fingerprint density at radius 2 is 1.86 bits per heavy atom. The van der Waals surface area contributed by atoms with E-state index in [4.69, 9.17) is 9.47 Å². The van der Waals surface area contributed by atoms with E-state index in [2.05, 4.69) is 9.72 Å². The molecule has 0 aliphatic carbocycles. The molecule has 0 saturated carbocycles. The minimum absolute atomic E-state index is 0.204. The molecule has 1 atom stereocenters. The van der Waals surface area contributed by atoms with Crippen molar-refractivity contribution in [3.05, 3.63) is 22.5 Å². The Labute approximate surface area is 128 Å². The van der Waals surface area contributed by atoms with Crippen LogP contribution in [0.15, 0.2) is 0 Å². The molecule has 1 heterocycles. The van der Waals surface area contributed by atoms with Gasteiger partial charge in [0.05, 0.1) is 18.4 Å². The van der Waals surface area contributed by atoms with Gasteiger partial charge in [-0.05, 0) is 33.3 Å². The molecular formula is C15H21NO6. The van der Waals surface area contributed by atoms with Crippen LogP contribution >= 0.6 is 0 Å². The van der Waals surface area contributed by atoms with Crippen LogP contribution in [-0.2, 0) is 19.0 Å². The molecule has 1 rings (SSSR count). The SMILES string of the molecule is CCOCC(=O)OC(C)C(=O)c1[nH]c(C)c(C(=O)OC)c1C. The first-order valence-electron chi connectivity index (χ1n) is 6.92. The molecule has 1 N–H and O–H groups in total. The highest BCUT2D eigenvalue weighted by molar-refractivity contribution is 6.03. The topological polar surface area (TPSA) is 94.7 Å². The van der Waals surface area contributed by atoms with E-state index in [1.54, 1.807) is 20.8 Å². The van der Waals surface area contributed by atoms with E-state index in [1.165, 1.54) is 14.0 Å². The number of aromatic amines is 1. The first-order valence-corrected chi connectivity index (χ1v) is 6.92. The number of carbonyl (C=O) groups is 3. The quantitative estimate of drug-likeness (QED) is 0.606. The summed E-state index contributed by atoms with van der Waals surface area (Å²) in [5, 5.41) is 0. The van der Waals surface area contributed by atoms with Gasteiger partial charge in [-0.25, -0.2) is 9.59 Å². The number of methoxy groups -OCH3 is 1. The molecule has 0 saturated heterocycles. The number of nitrogens with one attached hydrogen (secondary N) is 1. The maximum absolute atomic E-state index is 12.3. The lowest BCUT2D eigenvalue weighted by Gasteiger charge is -2.12. The molecule has 0 fully saturated rings. The third-order valence-corrected chi connectivity index (χ3v) is 3.17. The molecular weight excluding hydrogens is 290 g/mol. The molecule has 7 nitrogen and oxygen atoms in total. The second-order valence-corrected chi connectivity index (χ2v) is 4.75. The van der Waals surface area contributed by atoms with Crippen LogP contribution in [0.2, 0.25) is 0 Å². The van der Waals surface area contributed by atoms with Crippen LogP contribution < -0.4 is 0 Å². The number of aromatic nitrogens is 1. The summed E-state index contributed by atoms with van der Waals surface area (Å²) >= 11 is 0. The second kappa shape index (κ2) is 7.74. The normalized spacial score (nSPS) is 11.9. The van der Waals surface area contributed by atoms with Gasteiger partial charge in [0.1, 0.15) is 6.61 Å². The number of H-pyrrole nitrogens is 1. The molecule has 0 bridgehead atoms. The van der Waals surface area contributed by atoms with Gasteiger partial charge in [0.2, 0.25) is 5.78 Å². The Morgan fingerprint density at radius 1 is 1.23 bits per heavy atom. The van der Waals surface area contributed by atoms with E-state index >= 15 is 0 Å². The summed E-state index contributed by atoms with van der Waals surface area (Å²) in [6.07, 6.45) is -0.977. The first kappa shape index (κ1) is 17.9. The fourth-order valence-electron chi connectivity index (χ4n) is 2.08. The minimum atomic E-state index is -0.977. The Kier molecular flexibility index (Phi) is 6.30. The summed E-state index contributed by atoms with van der Waals surface area (Å²) in [6, 6.07) is 0. The maximum Gasteiger partial charge on any atom is 0.339 e. The molecule has 0 aromatic carbocycles. The van der Waals surface area contributed by atoms with Crippen molar-refractivity contribution in [3.63, 3.8) is 0 Å². The van der Waals surface area contributed by atoms with Crippen molar-refractivity contribution in [2.75, 3.05) is 20.3 Å². The van der Waals surface area contributed by atoms with E-state index in [0.29, 0.717) is 23.4 Å². The molecule has 1 aromatic heterocycles. The van der Waals surface area contributed by atoms with Crippen molar-refractivity contribution < 1.29 is 28.6 Å². The van der Waals surface area contributed by atoms with Gasteiger partial charge in [-0.15, -0.1) is 0 Å². The lowest BCUT2D eigenvalue weighted by molar-refractivity contribution is -0.151. The number of hydrogen-bond donors (Lipinski definition) is 1. The second-order valence-electron chi connectivity index (χ2n) is 4.75. The molecule has 7 heteroatoms. The van der Waals surface area contributed by atoms with Gasteiger partial charge in [-0.1, -0.05) is 0 Å². The molecule has 22 heavy (non-hydrogen) atoms. The Balaban J connectivity index is 2.90. The highest BCUT2D eigenvalue weighted by atomic mass is 16.6. The van der Waals surface area contributed by atoms with E-state index in [-0.39, 0.29) is 12.3 Å². The number of ketones is 1. The van der Waals surface area contributed by atoms with Crippen LogP contribution in [0.25, 0.3) is 0 Å². The van der Waals surface area contributed by atoms with Crippen molar-refractivity contribution in [1.29, 1.82) is 0 Å². The summed E-state index contributed by atoms with van der Waals surface area (Å²) in [6.45, 7) is 6.71. The molecule has 1 aromatic rings. The Bertz CT molecular complexity index is 575. The van der Waals surface area contributed by atoms with Gasteiger partial charge in [0.25, 0.3) is 0 Å². The zero-order valence-corrected chi connectivity index (χ0v) is 13.4.